The molecule has 7 heteroatoms. The summed E-state index contributed by atoms with van der Waals surface area (Å²) in [5, 5.41) is 5.73. The van der Waals surface area contributed by atoms with E-state index >= 15 is 0 Å². The van der Waals surface area contributed by atoms with E-state index in [0.717, 1.165) is 37.0 Å². The highest BCUT2D eigenvalue weighted by Gasteiger charge is 2.24. The molecule has 0 bridgehead atoms. The van der Waals surface area contributed by atoms with Crippen LogP contribution in [0.4, 0.5) is 4.79 Å². The van der Waals surface area contributed by atoms with E-state index in [2.05, 4.69) is 10.6 Å². The Labute approximate surface area is 140 Å². The first-order chi connectivity index (χ1) is 11.6. The Kier molecular flexibility index (Phi) is 5.08. The van der Waals surface area contributed by atoms with Crippen LogP contribution in [0.25, 0.3) is 0 Å². The smallest absolute Gasteiger partial charge is 0.315 e. The largest absolute Gasteiger partial charge is 0.454 e. The molecule has 1 aliphatic carbocycles. The highest BCUT2D eigenvalue weighted by Crippen LogP contribution is 2.32. The number of amides is 3. The standard InChI is InChI=1S/C17H23N3O4/c18-16(21)13-4-1-11(2-5-13)8-19-17(22)20-9-12-3-6-14-15(7-12)24-10-23-14/h3,6-7,11,13H,1-2,4-5,8-10H2,(H2,18,21)(H2,19,20,22). The van der Waals surface area contributed by atoms with Crippen LogP contribution in [0.2, 0.25) is 0 Å². The van der Waals surface area contributed by atoms with Gasteiger partial charge in [-0.05, 0) is 49.3 Å². The summed E-state index contributed by atoms with van der Waals surface area (Å²) in [6, 6.07) is 5.42. The number of primary amides is 1. The van der Waals surface area contributed by atoms with Gasteiger partial charge in [0, 0.05) is 19.0 Å². The minimum Gasteiger partial charge on any atom is -0.454 e. The number of fused-ring (bicyclic) bond motifs is 1. The van der Waals surface area contributed by atoms with Gasteiger partial charge in [-0.3, -0.25) is 4.79 Å². The highest BCUT2D eigenvalue weighted by atomic mass is 16.7. The van der Waals surface area contributed by atoms with Gasteiger partial charge in [0.1, 0.15) is 0 Å². The van der Waals surface area contributed by atoms with Crippen molar-refractivity contribution >= 4 is 11.9 Å². The van der Waals surface area contributed by atoms with Crippen molar-refractivity contribution in [2.75, 3.05) is 13.3 Å². The topological polar surface area (TPSA) is 103 Å². The van der Waals surface area contributed by atoms with Crippen molar-refractivity contribution in [2.45, 2.75) is 32.2 Å². The molecular weight excluding hydrogens is 310 g/mol. The van der Waals surface area contributed by atoms with Gasteiger partial charge in [-0.2, -0.15) is 0 Å². The van der Waals surface area contributed by atoms with Gasteiger partial charge in [-0.1, -0.05) is 6.07 Å². The van der Waals surface area contributed by atoms with E-state index in [0.29, 0.717) is 24.8 Å². The maximum atomic E-state index is 11.9. The van der Waals surface area contributed by atoms with Crippen LogP contribution in [-0.4, -0.2) is 25.3 Å². The van der Waals surface area contributed by atoms with Crippen molar-refractivity contribution in [3.63, 3.8) is 0 Å². The summed E-state index contributed by atoms with van der Waals surface area (Å²) in [5.41, 5.74) is 6.28. The van der Waals surface area contributed by atoms with E-state index in [9.17, 15) is 9.59 Å². The quantitative estimate of drug-likeness (QED) is 0.760. The van der Waals surface area contributed by atoms with Gasteiger partial charge in [0.25, 0.3) is 0 Å². The van der Waals surface area contributed by atoms with E-state index in [1.807, 2.05) is 18.2 Å². The summed E-state index contributed by atoms with van der Waals surface area (Å²) in [4.78, 5) is 23.1. The fraction of sp³-hybridized carbons (Fsp3) is 0.529. The average Bonchev–Trinajstić information content (AvgIpc) is 3.06. The van der Waals surface area contributed by atoms with Crippen LogP contribution in [0.15, 0.2) is 18.2 Å². The number of rotatable bonds is 5. The van der Waals surface area contributed by atoms with Crippen molar-refractivity contribution < 1.29 is 19.1 Å². The SMILES string of the molecule is NC(=O)C1CCC(CNC(=O)NCc2ccc3c(c2)OCO3)CC1. The zero-order valence-corrected chi connectivity index (χ0v) is 13.5. The van der Waals surface area contributed by atoms with Gasteiger partial charge in [0.05, 0.1) is 0 Å². The first-order valence-corrected chi connectivity index (χ1v) is 8.31. The van der Waals surface area contributed by atoms with Crippen LogP contribution in [0.5, 0.6) is 11.5 Å². The summed E-state index contributed by atoms with van der Waals surface area (Å²) in [6.07, 6.45) is 3.49. The Balaban J connectivity index is 1.37. The molecule has 0 spiro atoms. The normalized spacial score (nSPS) is 22.0. The molecule has 2 aliphatic rings. The lowest BCUT2D eigenvalue weighted by atomic mass is 9.82. The lowest BCUT2D eigenvalue weighted by Gasteiger charge is -2.26. The van der Waals surface area contributed by atoms with Crippen molar-refractivity contribution in [3.05, 3.63) is 23.8 Å². The fourth-order valence-corrected chi connectivity index (χ4v) is 3.18. The minimum atomic E-state index is -0.206. The Morgan fingerprint density at radius 3 is 2.58 bits per heavy atom. The van der Waals surface area contributed by atoms with Crippen molar-refractivity contribution in [3.8, 4) is 11.5 Å². The molecule has 0 unspecified atom stereocenters. The van der Waals surface area contributed by atoms with Crippen molar-refractivity contribution in [1.82, 2.24) is 10.6 Å². The summed E-state index contributed by atoms with van der Waals surface area (Å²) in [5.74, 6) is 1.65. The van der Waals surface area contributed by atoms with Crippen LogP contribution < -0.4 is 25.8 Å². The maximum Gasteiger partial charge on any atom is 0.315 e. The number of hydrogen-bond donors (Lipinski definition) is 3. The second-order valence-corrected chi connectivity index (χ2v) is 6.37. The Bertz CT molecular complexity index is 612. The molecule has 0 atom stereocenters. The third-order valence-electron chi connectivity index (χ3n) is 4.69. The third kappa shape index (κ3) is 4.10. The monoisotopic (exact) mass is 333 g/mol. The first-order valence-electron chi connectivity index (χ1n) is 8.31. The van der Waals surface area contributed by atoms with Gasteiger partial charge in [-0.15, -0.1) is 0 Å². The molecule has 7 nitrogen and oxygen atoms in total. The Hall–Kier alpha value is -2.44. The summed E-state index contributed by atoms with van der Waals surface area (Å²) < 4.78 is 10.6. The maximum absolute atomic E-state index is 11.9. The molecule has 4 N–H and O–H groups in total. The number of hydrogen-bond acceptors (Lipinski definition) is 4. The first kappa shape index (κ1) is 16.4. The lowest BCUT2D eigenvalue weighted by Crippen LogP contribution is -2.39. The van der Waals surface area contributed by atoms with E-state index in [-0.39, 0.29) is 24.6 Å². The van der Waals surface area contributed by atoms with E-state index in [1.54, 1.807) is 0 Å². The van der Waals surface area contributed by atoms with Gasteiger partial charge < -0.3 is 25.8 Å². The van der Waals surface area contributed by atoms with Crippen molar-refractivity contribution in [1.29, 1.82) is 0 Å². The molecule has 1 heterocycles. The molecule has 3 amide bonds. The second-order valence-electron chi connectivity index (χ2n) is 6.37. The number of carbonyl (C=O) groups excluding carboxylic acids is 2. The van der Waals surface area contributed by atoms with Gasteiger partial charge in [0.2, 0.25) is 12.7 Å². The summed E-state index contributed by atoms with van der Waals surface area (Å²) in [6.45, 7) is 1.29. The Morgan fingerprint density at radius 1 is 1.08 bits per heavy atom. The summed E-state index contributed by atoms with van der Waals surface area (Å²) in [7, 11) is 0. The molecule has 3 rings (SSSR count). The zero-order chi connectivity index (χ0) is 16.9. The van der Waals surface area contributed by atoms with Gasteiger partial charge in [-0.25, -0.2) is 4.79 Å². The number of ether oxygens (including phenoxy) is 2. The minimum absolute atomic E-state index is 0.00100. The number of urea groups is 1. The molecular formula is C17H23N3O4. The molecule has 1 aliphatic heterocycles. The van der Waals surface area contributed by atoms with E-state index in [1.165, 1.54) is 0 Å². The highest BCUT2D eigenvalue weighted by molar-refractivity contribution is 5.76. The Morgan fingerprint density at radius 2 is 1.83 bits per heavy atom. The molecule has 1 saturated carbocycles. The van der Waals surface area contributed by atoms with E-state index in [4.69, 9.17) is 15.2 Å². The molecule has 0 radical (unpaired) electrons. The predicted molar refractivity (Wildman–Crippen MR) is 87.4 cm³/mol. The van der Waals surface area contributed by atoms with Crippen LogP contribution >= 0.6 is 0 Å². The molecule has 1 aromatic rings. The average molecular weight is 333 g/mol. The van der Waals surface area contributed by atoms with Crippen LogP contribution in [-0.2, 0) is 11.3 Å². The molecule has 130 valence electrons. The number of benzene rings is 1. The molecule has 0 saturated heterocycles. The predicted octanol–water partition coefficient (Wildman–Crippen LogP) is 1.51. The fourth-order valence-electron chi connectivity index (χ4n) is 3.18. The van der Waals surface area contributed by atoms with Crippen molar-refractivity contribution in [2.24, 2.45) is 17.6 Å². The van der Waals surface area contributed by atoms with Gasteiger partial charge >= 0.3 is 6.03 Å². The summed E-state index contributed by atoms with van der Waals surface area (Å²) >= 11 is 0. The number of nitrogens with two attached hydrogens (primary N) is 1. The van der Waals surface area contributed by atoms with Crippen LogP contribution in [0.3, 0.4) is 0 Å². The zero-order valence-electron chi connectivity index (χ0n) is 13.5. The van der Waals surface area contributed by atoms with Crippen LogP contribution in [0.1, 0.15) is 31.2 Å². The number of carbonyl (C=O) groups is 2. The molecule has 24 heavy (non-hydrogen) atoms. The molecule has 1 fully saturated rings. The lowest BCUT2D eigenvalue weighted by molar-refractivity contribution is -0.122. The van der Waals surface area contributed by atoms with Gasteiger partial charge in [0.15, 0.2) is 11.5 Å². The second kappa shape index (κ2) is 7.42. The van der Waals surface area contributed by atoms with Crippen LogP contribution in [0, 0.1) is 11.8 Å². The van der Waals surface area contributed by atoms with E-state index < -0.39 is 0 Å². The molecule has 0 aromatic heterocycles. The molecule has 1 aromatic carbocycles. The third-order valence-corrected chi connectivity index (χ3v) is 4.69. The number of nitrogens with one attached hydrogen (secondary N) is 2.